The number of aromatic nitrogens is 1. The van der Waals surface area contributed by atoms with Crippen LogP contribution in [0.1, 0.15) is 26.4 Å². The van der Waals surface area contributed by atoms with Gasteiger partial charge in [-0.25, -0.2) is 9.18 Å². The number of amides is 1. The van der Waals surface area contributed by atoms with Crippen LogP contribution in [-0.2, 0) is 11.3 Å². The van der Waals surface area contributed by atoms with Crippen molar-refractivity contribution in [3.8, 4) is 0 Å². The normalized spacial score (nSPS) is 10.3. The molecule has 0 unspecified atom stereocenters. The number of methoxy groups -OCH3 is 1. The minimum absolute atomic E-state index is 0.00474. The summed E-state index contributed by atoms with van der Waals surface area (Å²) in [7, 11) is 2.77. The summed E-state index contributed by atoms with van der Waals surface area (Å²) in [6.07, 6.45) is 1.25. The maximum atomic E-state index is 13.8. The largest absolute Gasteiger partial charge is 0.465 e. The zero-order valence-electron chi connectivity index (χ0n) is 12.5. The van der Waals surface area contributed by atoms with Crippen LogP contribution in [0.2, 0.25) is 5.02 Å². The quantitative estimate of drug-likeness (QED) is 0.805. The lowest BCUT2D eigenvalue weighted by molar-refractivity contribution is 0.0599. The van der Waals surface area contributed by atoms with Gasteiger partial charge in [-0.3, -0.25) is 9.78 Å². The number of halogens is 2. The van der Waals surface area contributed by atoms with Gasteiger partial charge in [-0.15, -0.1) is 0 Å². The maximum Gasteiger partial charge on any atom is 0.339 e. The molecule has 0 atom stereocenters. The summed E-state index contributed by atoms with van der Waals surface area (Å²) in [6, 6.07) is 7.19. The fourth-order valence-corrected chi connectivity index (χ4v) is 2.17. The van der Waals surface area contributed by atoms with Gasteiger partial charge in [0.25, 0.3) is 5.91 Å². The van der Waals surface area contributed by atoms with Gasteiger partial charge in [0.15, 0.2) is 0 Å². The number of esters is 1. The van der Waals surface area contributed by atoms with Crippen molar-refractivity contribution in [2.75, 3.05) is 14.2 Å². The molecule has 120 valence electrons. The van der Waals surface area contributed by atoms with E-state index in [-0.39, 0.29) is 28.4 Å². The maximum absolute atomic E-state index is 13.8. The molecule has 0 bridgehead atoms. The van der Waals surface area contributed by atoms with E-state index in [1.807, 2.05) is 0 Å². The summed E-state index contributed by atoms with van der Waals surface area (Å²) in [5.41, 5.74) is 0.604. The van der Waals surface area contributed by atoms with Crippen molar-refractivity contribution in [3.05, 3.63) is 64.2 Å². The van der Waals surface area contributed by atoms with Gasteiger partial charge >= 0.3 is 5.97 Å². The summed E-state index contributed by atoms with van der Waals surface area (Å²) in [6.45, 7) is 0.00474. The Labute approximate surface area is 137 Å². The topological polar surface area (TPSA) is 59.5 Å². The fraction of sp³-hybridized carbons (Fsp3) is 0.188. The van der Waals surface area contributed by atoms with Gasteiger partial charge in [-0.05, 0) is 24.3 Å². The predicted octanol–water partition coefficient (Wildman–Crippen LogP) is 2.93. The van der Waals surface area contributed by atoms with E-state index in [9.17, 15) is 14.0 Å². The van der Waals surface area contributed by atoms with Crippen molar-refractivity contribution < 1.29 is 18.7 Å². The Morgan fingerprint density at radius 2 is 2.04 bits per heavy atom. The highest BCUT2D eigenvalue weighted by molar-refractivity contribution is 6.31. The lowest BCUT2D eigenvalue weighted by atomic mass is 10.2. The Kier molecular flexibility index (Phi) is 5.28. The van der Waals surface area contributed by atoms with Crippen molar-refractivity contribution in [2.45, 2.75) is 6.54 Å². The molecule has 0 aliphatic rings. The van der Waals surface area contributed by atoms with Gasteiger partial charge in [0, 0.05) is 23.8 Å². The molecule has 0 aliphatic carbocycles. The molecule has 0 radical (unpaired) electrons. The average molecular weight is 337 g/mol. The molecule has 2 aromatic rings. The van der Waals surface area contributed by atoms with E-state index >= 15 is 0 Å². The number of carbonyl (C=O) groups excluding carboxylic acids is 2. The standard InChI is InChI=1S/C16H14ClFN2O3/c1-20(9-11-12(17)4-3-5-13(11)18)15(21)14-7-6-10(8-19-14)16(22)23-2/h3-8H,9H2,1-2H3. The molecule has 0 saturated carbocycles. The smallest absolute Gasteiger partial charge is 0.339 e. The van der Waals surface area contributed by atoms with E-state index in [4.69, 9.17) is 11.6 Å². The number of hydrogen-bond donors (Lipinski definition) is 0. The molecule has 2 rings (SSSR count). The Morgan fingerprint density at radius 1 is 1.30 bits per heavy atom. The molecule has 0 aliphatic heterocycles. The van der Waals surface area contributed by atoms with Gasteiger partial charge in [-0.1, -0.05) is 17.7 Å². The average Bonchev–Trinajstić information content (AvgIpc) is 2.57. The summed E-state index contributed by atoms with van der Waals surface area (Å²) in [5.74, 6) is -1.44. The second-order valence-corrected chi connectivity index (χ2v) is 5.19. The third-order valence-electron chi connectivity index (χ3n) is 3.21. The van der Waals surface area contributed by atoms with E-state index in [1.54, 1.807) is 6.07 Å². The van der Waals surface area contributed by atoms with Crippen molar-refractivity contribution in [1.29, 1.82) is 0 Å². The number of pyridine rings is 1. The van der Waals surface area contributed by atoms with Crippen LogP contribution < -0.4 is 0 Å². The summed E-state index contributed by atoms with van der Waals surface area (Å²) in [5, 5.41) is 0.249. The number of rotatable bonds is 4. The molecular formula is C16H14ClFN2O3. The molecule has 1 heterocycles. The molecule has 5 nitrogen and oxygen atoms in total. The van der Waals surface area contributed by atoms with Crippen LogP contribution in [0.5, 0.6) is 0 Å². The SMILES string of the molecule is COC(=O)c1ccc(C(=O)N(C)Cc2c(F)cccc2Cl)nc1. The van der Waals surface area contributed by atoms with E-state index in [1.165, 1.54) is 49.5 Å². The van der Waals surface area contributed by atoms with Crippen LogP contribution in [0.4, 0.5) is 4.39 Å². The lowest BCUT2D eigenvalue weighted by Gasteiger charge is -2.18. The highest BCUT2D eigenvalue weighted by Gasteiger charge is 2.17. The van der Waals surface area contributed by atoms with Gasteiger partial charge < -0.3 is 9.64 Å². The zero-order valence-corrected chi connectivity index (χ0v) is 13.3. The van der Waals surface area contributed by atoms with Crippen molar-refractivity contribution in [1.82, 2.24) is 9.88 Å². The van der Waals surface area contributed by atoms with Crippen LogP contribution in [0.3, 0.4) is 0 Å². The number of hydrogen-bond acceptors (Lipinski definition) is 4. The monoisotopic (exact) mass is 336 g/mol. The van der Waals surface area contributed by atoms with Crippen LogP contribution in [0.15, 0.2) is 36.5 Å². The van der Waals surface area contributed by atoms with Crippen molar-refractivity contribution >= 4 is 23.5 Å². The van der Waals surface area contributed by atoms with Crippen molar-refractivity contribution in [2.24, 2.45) is 0 Å². The number of ether oxygens (including phenoxy) is 1. The lowest BCUT2D eigenvalue weighted by Crippen LogP contribution is -2.27. The van der Waals surface area contributed by atoms with E-state index in [0.717, 1.165) is 0 Å². The van der Waals surface area contributed by atoms with Gasteiger partial charge in [0.2, 0.25) is 0 Å². The third-order valence-corrected chi connectivity index (χ3v) is 3.56. The van der Waals surface area contributed by atoms with Crippen LogP contribution in [0, 0.1) is 5.82 Å². The first-order valence-corrected chi connectivity index (χ1v) is 7.04. The highest BCUT2D eigenvalue weighted by atomic mass is 35.5. The summed E-state index contributed by atoms with van der Waals surface area (Å²) in [4.78, 5) is 28.9. The molecule has 0 N–H and O–H groups in total. The molecule has 1 amide bonds. The second kappa shape index (κ2) is 7.19. The Bertz CT molecular complexity index is 714. The summed E-state index contributed by atoms with van der Waals surface area (Å²) >= 11 is 5.95. The first-order chi connectivity index (χ1) is 10.9. The Morgan fingerprint density at radius 3 is 2.61 bits per heavy atom. The van der Waals surface area contributed by atoms with E-state index in [0.29, 0.717) is 0 Å². The number of nitrogens with zero attached hydrogens (tertiary/aromatic N) is 2. The van der Waals surface area contributed by atoms with Crippen molar-refractivity contribution in [3.63, 3.8) is 0 Å². The highest BCUT2D eigenvalue weighted by Crippen LogP contribution is 2.20. The number of carbonyl (C=O) groups is 2. The molecule has 1 aromatic carbocycles. The first kappa shape index (κ1) is 16.9. The van der Waals surface area contributed by atoms with E-state index in [2.05, 4.69) is 9.72 Å². The molecule has 0 saturated heterocycles. The van der Waals surface area contributed by atoms with Gasteiger partial charge in [0.05, 0.1) is 19.2 Å². The Balaban J connectivity index is 2.15. The first-order valence-electron chi connectivity index (χ1n) is 6.66. The fourth-order valence-electron chi connectivity index (χ4n) is 1.95. The minimum Gasteiger partial charge on any atom is -0.465 e. The predicted molar refractivity (Wildman–Crippen MR) is 82.8 cm³/mol. The molecule has 0 spiro atoms. The molecule has 23 heavy (non-hydrogen) atoms. The van der Waals surface area contributed by atoms with E-state index < -0.39 is 17.7 Å². The van der Waals surface area contributed by atoms with Crippen LogP contribution >= 0.6 is 11.6 Å². The zero-order chi connectivity index (χ0) is 17.0. The second-order valence-electron chi connectivity index (χ2n) is 4.79. The third kappa shape index (κ3) is 3.84. The van der Waals surface area contributed by atoms with Gasteiger partial charge in [-0.2, -0.15) is 0 Å². The Hall–Kier alpha value is -2.47. The molecule has 7 heteroatoms. The van der Waals surface area contributed by atoms with Crippen LogP contribution in [0.25, 0.3) is 0 Å². The van der Waals surface area contributed by atoms with Crippen LogP contribution in [-0.4, -0.2) is 35.9 Å². The molecular weight excluding hydrogens is 323 g/mol. The molecule has 1 aromatic heterocycles. The summed E-state index contributed by atoms with van der Waals surface area (Å²) < 4.78 is 18.3. The molecule has 0 fully saturated rings. The van der Waals surface area contributed by atoms with Gasteiger partial charge in [0.1, 0.15) is 11.5 Å². The number of benzene rings is 1. The minimum atomic E-state index is -0.539.